The van der Waals surface area contributed by atoms with Gasteiger partial charge in [-0.2, -0.15) is 8.42 Å². The van der Waals surface area contributed by atoms with Crippen LogP contribution in [0.3, 0.4) is 0 Å². The van der Waals surface area contributed by atoms with Crippen LogP contribution in [0.1, 0.15) is 6.42 Å². The lowest BCUT2D eigenvalue weighted by Gasteiger charge is -2.31. The Balaban J connectivity index is 3.18. The SMILES string of the molecule is O=S(=O)(O)C1(CCBr)C=CC=CC1Cl. The van der Waals surface area contributed by atoms with Gasteiger partial charge in [-0.15, -0.1) is 11.6 Å². The highest BCUT2D eigenvalue weighted by Gasteiger charge is 2.46. The van der Waals surface area contributed by atoms with Crippen LogP contribution < -0.4 is 0 Å². The summed E-state index contributed by atoms with van der Waals surface area (Å²) in [6.07, 6.45) is 6.46. The van der Waals surface area contributed by atoms with E-state index in [9.17, 15) is 13.0 Å². The number of halogens is 2. The van der Waals surface area contributed by atoms with Gasteiger partial charge in [0.05, 0.1) is 5.38 Å². The third-order valence-electron chi connectivity index (χ3n) is 2.20. The molecule has 0 heterocycles. The van der Waals surface area contributed by atoms with Gasteiger partial charge in [0.2, 0.25) is 0 Å². The van der Waals surface area contributed by atoms with E-state index in [0.29, 0.717) is 5.33 Å². The molecule has 80 valence electrons. The molecule has 0 amide bonds. The third kappa shape index (κ3) is 2.05. The van der Waals surface area contributed by atoms with Gasteiger partial charge >= 0.3 is 0 Å². The first-order valence-electron chi connectivity index (χ1n) is 3.97. The van der Waals surface area contributed by atoms with Crippen molar-refractivity contribution in [3.8, 4) is 0 Å². The Morgan fingerprint density at radius 1 is 1.50 bits per heavy atom. The molecule has 0 saturated carbocycles. The fourth-order valence-corrected chi connectivity index (χ4v) is 3.86. The summed E-state index contributed by atoms with van der Waals surface area (Å²) in [7, 11) is -4.20. The van der Waals surface area contributed by atoms with Crippen LogP contribution in [0, 0.1) is 0 Å². The summed E-state index contributed by atoms with van der Waals surface area (Å²) in [5.41, 5.74) is 0. The largest absolute Gasteiger partial charge is 0.285 e. The highest BCUT2D eigenvalue weighted by atomic mass is 79.9. The van der Waals surface area contributed by atoms with Crippen molar-refractivity contribution in [2.45, 2.75) is 16.5 Å². The smallest absolute Gasteiger partial charge is 0.276 e. The highest BCUT2D eigenvalue weighted by Crippen LogP contribution is 2.34. The zero-order valence-corrected chi connectivity index (χ0v) is 10.4. The van der Waals surface area contributed by atoms with E-state index in [-0.39, 0.29) is 6.42 Å². The fourth-order valence-electron chi connectivity index (χ4n) is 1.36. The molecule has 0 fully saturated rings. The van der Waals surface area contributed by atoms with E-state index < -0.39 is 20.2 Å². The summed E-state index contributed by atoms with van der Waals surface area (Å²) in [5.74, 6) is 0. The maximum atomic E-state index is 11.3. The van der Waals surface area contributed by atoms with Crippen LogP contribution in [0.2, 0.25) is 0 Å². The molecule has 1 aliphatic carbocycles. The maximum absolute atomic E-state index is 11.3. The van der Waals surface area contributed by atoms with Crippen LogP contribution in [0.25, 0.3) is 0 Å². The summed E-state index contributed by atoms with van der Waals surface area (Å²) >= 11 is 9.05. The molecule has 6 heteroatoms. The van der Waals surface area contributed by atoms with Crippen LogP contribution in [-0.4, -0.2) is 28.4 Å². The molecule has 0 aromatic rings. The molecule has 0 aliphatic heterocycles. The van der Waals surface area contributed by atoms with Gasteiger partial charge < -0.3 is 0 Å². The molecule has 2 atom stereocenters. The molecule has 1 N–H and O–H groups in total. The Hall–Kier alpha value is 0.160. The van der Waals surface area contributed by atoms with Gasteiger partial charge in [0.1, 0.15) is 4.75 Å². The molecule has 0 bridgehead atoms. The number of allylic oxidation sites excluding steroid dienone is 3. The Kier molecular flexibility index (Phi) is 3.80. The Morgan fingerprint density at radius 3 is 2.57 bits per heavy atom. The molecule has 0 aromatic heterocycles. The average molecular weight is 302 g/mol. The van der Waals surface area contributed by atoms with Gasteiger partial charge in [0.15, 0.2) is 0 Å². The molecule has 0 radical (unpaired) electrons. The van der Waals surface area contributed by atoms with Crippen molar-refractivity contribution in [2.24, 2.45) is 0 Å². The zero-order valence-electron chi connectivity index (χ0n) is 7.23. The second-order valence-corrected chi connectivity index (χ2v) is 5.99. The van der Waals surface area contributed by atoms with Crippen LogP contribution >= 0.6 is 27.5 Å². The lowest BCUT2D eigenvalue weighted by molar-refractivity contribution is 0.443. The van der Waals surface area contributed by atoms with E-state index in [0.717, 1.165) is 0 Å². The molecule has 0 aromatic carbocycles. The fraction of sp³-hybridized carbons (Fsp3) is 0.500. The van der Waals surface area contributed by atoms with Gasteiger partial charge in [-0.05, 0) is 6.42 Å². The minimum Gasteiger partial charge on any atom is -0.285 e. The molecule has 0 spiro atoms. The summed E-state index contributed by atoms with van der Waals surface area (Å²) in [6, 6.07) is 0. The van der Waals surface area contributed by atoms with Crippen molar-refractivity contribution in [3.05, 3.63) is 24.3 Å². The minimum atomic E-state index is -4.20. The van der Waals surface area contributed by atoms with Crippen LogP contribution in [0.4, 0.5) is 0 Å². The Labute approximate surface area is 96.7 Å². The second-order valence-electron chi connectivity index (χ2n) is 3.01. The van der Waals surface area contributed by atoms with Crippen molar-refractivity contribution >= 4 is 37.6 Å². The highest BCUT2D eigenvalue weighted by molar-refractivity contribution is 9.09. The van der Waals surface area contributed by atoms with E-state index in [1.807, 2.05) is 0 Å². The Morgan fingerprint density at radius 2 is 2.14 bits per heavy atom. The van der Waals surface area contributed by atoms with Crippen LogP contribution in [0.15, 0.2) is 24.3 Å². The number of alkyl halides is 2. The molecule has 2 unspecified atom stereocenters. The molecule has 3 nitrogen and oxygen atoms in total. The number of hydrogen-bond donors (Lipinski definition) is 1. The number of rotatable bonds is 3. The van der Waals surface area contributed by atoms with Crippen LogP contribution in [0.5, 0.6) is 0 Å². The molecule has 0 saturated heterocycles. The van der Waals surface area contributed by atoms with Gasteiger partial charge in [-0.25, -0.2) is 0 Å². The standard InChI is InChI=1S/C8H10BrClO3S/c9-6-5-8(14(11,12)13)4-2-1-3-7(8)10/h1-4,7H,5-6H2,(H,11,12,13). The molecule has 14 heavy (non-hydrogen) atoms. The first-order valence-corrected chi connectivity index (χ1v) is 6.97. The predicted molar refractivity (Wildman–Crippen MR) is 60.6 cm³/mol. The molecular formula is C8H10BrClO3S. The first-order chi connectivity index (χ1) is 6.44. The molecule has 1 rings (SSSR count). The monoisotopic (exact) mass is 300 g/mol. The van der Waals surface area contributed by atoms with Gasteiger partial charge in [-0.1, -0.05) is 40.2 Å². The van der Waals surface area contributed by atoms with E-state index in [1.54, 1.807) is 18.2 Å². The van der Waals surface area contributed by atoms with Gasteiger partial charge in [-0.3, -0.25) is 4.55 Å². The minimum absolute atomic E-state index is 0.237. The van der Waals surface area contributed by atoms with Crippen molar-refractivity contribution in [3.63, 3.8) is 0 Å². The summed E-state index contributed by atoms with van der Waals surface area (Å²) in [6.45, 7) is 0. The molecule has 1 aliphatic rings. The molecular weight excluding hydrogens is 292 g/mol. The van der Waals surface area contributed by atoms with Gasteiger partial charge in [0.25, 0.3) is 10.1 Å². The van der Waals surface area contributed by atoms with E-state index in [4.69, 9.17) is 11.6 Å². The summed E-state index contributed by atoms with van der Waals surface area (Å²) < 4.78 is 30.3. The number of hydrogen-bond acceptors (Lipinski definition) is 2. The predicted octanol–water partition coefficient (Wildman–Crippen LogP) is 2.13. The van der Waals surface area contributed by atoms with Gasteiger partial charge in [0, 0.05) is 5.33 Å². The van der Waals surface area contributed by atoms with Crippen molar-refractivity contribution < 1.29 is 13.0 Å². The van der Waals surface area contributed by atoms with E-state index in [2.05, 4.69) is 15.9 Å². The van der Waals surface area contributed by atoms with Crippen LogP contribution in [-0.2, 0) is 10.1 Å². The van der Waals surface area contributed by atoms with E-state index in [1.165, 1.54) is 6.08 Å². The second kappa shape index (κ2) is 4.35. The summed E-state index contributed by atoms with van der Waals surface area (Å²) in [4.78, 5) is 0. The van der Waals surface area contributed by atoms with Crippen molar-refractivity contribution in [1.82, 2.24) is 0 Å². The summed E-state index contributed by atoms with van der Waals surface area (Å²) in [5, 5.41) is -0.283. The Bertz CT molecular complexity index is 363. The maximum Gasteiger partial charge on any atom is 0.276 e. The topological polar surface area (TPSA) is 54.4 Å². The normalized spacial score (nSPS) is 32.1. The zero-order chi connectivity index (χ0) is 10.8. The quantitative estimate of drug-likeness (QED) is 0.642. The first kappa shape index (κ1) is 12.2. The third-order valence-corrected chi connectivity index (χ3v) is 4.82. The lowest BCUT2D eigenvalue weighted by Crippen LogP contribution is -2.45. The van der Waals surface area contributed by atoms with Crippen molar-refractivity contribution in [2.75, 3.05) is 5.33 Å². The average Bonchev–Trinajstić information content (AvgIpc) is 2.07. The lowest BCUT2D eigenvalue weighted by atomic mass is 9.96. The van der Waals surface area contributed by atoms with Crippen molar-refractivity contribution in [1.29, 1.82) is 0 Å². The van der Waals surface area contributed by atoms with E-state index >= 15 is 0 Å².